The fourth-order valence-electron chi connectivity index (χ4n) is 10.0. The highest BCUT2D eigenvalue weighted by atomic mass is 16.5. The molecule has 11 atom stereocenters. The van der Waals surface area contributed by atoms with E-state index in [-0.39, 0.29) is 35.0 Å². The Morgan fingerprint density at radius 1 is 0.861 bits per heavy atom. The van der Waals surface area contributed by atoms with Gasteiger partial charge in [0, 0.05) is 19.8 Å². The number of carbonyl (C=O) groups is 2. The molecule has 0 N–H and O–H groups in total. The minimum atomic E-state index is -0.155. The summed E-state index contributed by atoms with van der Waals surface area (Å²) in [6, 6.07) is 0. The maximum Gasteiger partial charge on any atom is 0.302 e. The van der Waals surface area contributed by atoms with Crippen LogP contribution in [0.25, 0.3) is 0 Å². The summed E-state index contributed by atoms with van der Waals surface area (Å²) in [4.78, 5) is 24.0. The largest absolute Gasteiger partial charge is 0.463 e. The molecule has 4 nitrogen and oxygen atoms in total. The van der Waals surface area contributed by atoms with Crippen LogP contribution in [0.1, 0.15) is 120 Å². The SMILES string of the molecule is CC(=O)O[C@H]1CC[C@@]2(C)[C@@H](CC[C@@H]3[C@@H]2[C@H](OC(C)=O)C[C@]2(C)[C@@H]([C@H](C)CC[C@H](C)C(C)C)CC[C@@H]32)C1. The maximum absolute atomic E-state index is 12.4. The standard InChI is InChI=1S/C32H54O4/c1-19(2)20(3)9-10-21(4)27-13-14-28-26-12-11-24-17-25(35-22(5)33)15-16-31(24,7)30(26)29(36-23(6)34)18-32(27,28)8/h19-21,24-30H,9-18H2,1-8H3/t20-,21+,24-,25-,26-,27+,28-,29+,30+,31-,32+/m0/s1. The van der Waals surface area contributed by atoms with E-state index < -0.39 is 0 Å². The van der Waals surface area contributed by atoms with Crippen LogP contribution in [-0.4, -0.2) is 24.1 Å². The van der Waals surface area contributed by atoms with Gasteiger partial charge in [-0.15, -0.1) is 0 Å². The zero-order valence-electron chi connectivity index (χ0n) is 24.5. The highest BCUT2D eigenvalue weighted by Crippen LogP contribution is 2.69. The summed E-state index contributed by atoms with van der Waals surface area (Å²) in [6.07, 6.45) is 11.9. The normalized spacial score (nSPS) is 43.6. The molecular formula is C32H54O4. The van der Waals surface area contributed by atoms with E-state index in [2.05, 4.69) is 41.5 Å². The van der Waals surface area contributed by atoms with E-state index in [1.54, 1.807) is 6.92 Å². The number of hydrogen-bond donors (Lipinski definition) is 0. The number of ether oxygens (including phenoxy) is 2. The molecule has 0 aliphatic heterocycles. The monoisotopic (exact) mass is 502 g/mol. The van der Waals surface area contributed by atoms with Crippen molar-refractivity contribution >= 4 is 11.9 Å². The zero-order chi connectivity index (χ0) is 26.4. The van der Waals surface area contributed by atoms with Crippen molar-refractivity contribution in [3.63, 3.8) is 0 Å². The van der Waals surface area contributed by atoms with Crippen LogP contribution in [0, 0.1) is 58.2 Å². The van der Waals surface area contributed by atoms with E-state index in [9.17, 15) is 9.59 Å². The molecule has 4 aliphatic carbocycles. The molecule has 4 fully saturated rings. The van der Waals surface area contributed by atoms with Crippen molar-refractivity contribution in [2.75, 3.05) is 0 Å². The van der Waals surface area contributed by atoms with Crippen molar-refractivity contribution in [3.8, 4) is 0 Å². The van der Waals surface area contributed by atoms with Crippen molar-refractivity contribution in [3.05, 3.63) is 0 Å². The fourth-order valence-corrected chi connectivity index (χ4v) is 10.0. The van der Waals surface area contributed by atoms with Crippen molar-refractivity contribution < 1.29 is 19.1 Å². The second-order valence-corrected chi connectivity index (χ2v) is 14.4. The molecule has 206 valence electrons. The first kappa shape index (κ1) is 28.0. The van der Waals surface area contributed by atoms with Crippen LogP contribution in [0.3, 0.4) is 0 Å². The third kappa shape index (κ3) is 5.13. The van der Waals surface area contributed by atoms with Crippen molar-refractivity contribution in [1.29, 1.82) is 0 Å². The van der Waals surface area contributed by atoms with Crippen LogP contribution in [0.4, 0.5) is 0 Å². The van der Waals surface area contributed by atoms with Crippen LogP contribution < -0.4 is 0 Å². The predicted molar refractivity (Wildman–Crippen MR) is 144 cm³/mol. The second kappa shape index (κ2) is 10.6. The number of carbonyl (C=O) groups excluding carboxylic acids is 2. The Labute approximate surface area is 221 Å². The summed E-state index contributed by atoms with van der Waals surface area (Å²) >= 11 is 0. The Hall–Kier alpha value is -1.06. The van der Waals surface area contributed by atoms with E-state index >= 15 is 0 Å². The Balaban J connectivity index is 1.57. The minimum absolute atomic E-state index is 0.0224. The molecule has 0 bridgehead atoms. The number of rotatable bonds is 7. The van der Waals surface area contributed by atoms with E-state index in [4.69, 9.17) is 9.47 Å². The van der Waals surface area contributed by atoms with Crippen molar-refractivity contribution in [2.24, 2.45) is 58.2 Å². The number of esters is 2. The van der Waals surface area contributed by atoms with Gasteiger partial charge in [0.2, 0.25) is 0 Å². The Bertz CT molecular complexity index is 806. The molecule has 0 aromatic rings. The molecule has 0 unspecified atom stereocenters. The molecule has 0 radical (unpaired) electrons. The molecule has 4 rings (SSSR count). The predicted octanol–water partition coefficient (Wildman–Crippen LogP) is 7.83. The van der Waals surface area contributed by atoms with Gasteiger partial charge < -0.3 is 9.47 Å². The average molecular weight is 503 g/mol. The van der Waals surface area contributed by atoms with Gasteiger partial charge in [-0.25, -0.2) is 0 Å². The first-order chi connectivity index (χ1) is 16.9. The van der Waals surface area contributed by atoms with E-state index in [1.807, 2.05) is 0 Å². The van der Waals surface area contributed by atoms with Gasteiger partial charge in [-0.3, -0.25) is 9.59 Å². The first-order valence-electron chi connectivity index (χ1n) is 15.2. The van der Waals surface area contributed by atoms with Crippen LogP contribution in [0.5, 0.6) is 0 Å². The van der Waals surface area contributed by atoms with E-state index in [1.165, 1.54) is 45.4 Å². The summed E-state index contributed by atoms with van der Waals surface area (Å²) in [7, 11) is 0. The van der Waals surface area contributed by atoms with Gasteiger partial charge in [-0.1, -0.05) is 54.4 Å². The first-order valence-corrected chi connectivity index (χ1v) is 15.2. The van der Waals surface area contributed by atoms with Gasteiger partial charge in [-0.05, 0) is 104 Å². The van der Waals surface area contributed by atoms with E-state index in [0.29, 0.717) is 17.8 Å². The molecule has 0 spiro atoms. The van der Waals surface area contributed by atoms with Gasteiger partial charge in [-0.2, -0.15) is 0 Å². The summed E-state index contributed by atoms with van der Waals surface area (Å²) in [5, 5.41) is 0. The third-order valence-corrected chi connectivity index (χ3v) is 12.1. The summed E-state index contributed by atoms with van der Waals surface area (Å²) in [5.41, 5.74) is 0.428. The molecule has 36 heavy (non-hydrogen) atoms. The Kier molecular flexibility index (Phi) is 8.23. The van der Waals surface area contributed by atoms with Gasteiger partial charge in [0.05, 0.1) is 0 Å². The van der Waals surface area contributed by atoms with Gasteiger partial charge in [0.15, 0.2) is 0 Å². The van der Waals surface area contributed by atoms with Gasteiger partial charge in [0.1, 0.15) is 12.2 Å². The fraction of sp³-hybridized carbons (Fsp3) is 0.938. The van der Waals surface area contributed by atoms with Crippen LogP contribution in [0.15, 0.2) is 0 Å². The van der Waals surface area contributed by atoms with Crippen LogP contribution in [0.2, 0.25) is 0 Å². The van der Waals surface area contributed by atoms with Crippen LogP contribution >= 0.6 is 0 Å². The van der Waals surface area contributed by atoms with E-state index in [0.717, 1.165) is 55.3 Å². The highest BCUT2D eigenvalue weighted by molar-refractivity contribution is 5.66. The lowest BCUT2D eigenvalue weighted by Gasteiger charge is -2.63. The molecule has 0 heterocycles. The molecule has 0 saturated heterocycles. The highest BCUT2D eigenvalue weighted by Gasteiger charge is 2.64. The smallest absolute Gasteiger partial charge is 0.302 e. The lowest BCUT2D eigenvalue weighted by atomic mass is 9.43. The molecule has 4 aliphatic rings. The zero-order valence-corrected chi connectivity index (χ0v) is 24.5. The maximum atomic E-state index is 12.4. The van der Waals surface area contributed by atoms with Crippen molar-refractivity contribution in [1.82, 2.24) is 0 Å². The van der Waals surface area contributed by atoms with Crippen molar-refractivity contribution in [2.45, 2.75) is 132 Å². The molecule has 4 heteroatoms. The molecule has 0 aromatic heterocycles. The van der Waals surface area contributed by atoms with Gasteiger partial charge in [0.25, 0.3) is 0 Å². The summed E-state index contributed by atoms with van der Waals surface area (Å²) in [5.74, 6) is 5.08. The quantitative estimate of drug-likeness (QED) is 0.333. The molecule has 0 amide bonds. The lowest BCUT2D eigenvalue weighted by Crippen LogP contribution is -2.60. The second-order valence-electron chi connectivity index (χ2n) is 14.4. The molecular weight excluding hydrogens is 448 g/mol. The Morgan fingerprint density at radius 2 is 1.56 bits per heavy atom. The third-order valence-electron chi connectivity index (χ3n) is 12.1. The summed E-state index contributed by atoms with van der Waals surface area (Å²) < 4.78 is 11.9. The lowest BCUT2D eigenvalue weighted by molar-refractivity contribution is -0.201. The Morgan fingerprint density at radius 3 is 2.19 bits per heavy atom. The topological polar surface area (TPSA) is 52.6 Å². The van der Waals surface area contributed by atoms with Crippen LogP contribution in [-0.2, 0) is 19.1 Å². The van der Waals surface area contributed by atoms with Gasteiger partial charge >= 0.3 is 11.9 Å². The minimum Gasteiger partial charge on any atom is -0.463 e. The number of fused-ring (bicyclic) bond motifs is 5. The molecule has 0 aromatic carbocycles. The number of hydrogen-bond acceptors (Lipinski definition) is 4. The molecule has 4 saturated carbocycles. The summed E-state index contributed by atoms with van der Waals surface area (Å²) in [6.45, 7) is 17.8. The average Bonchev–Trinajstić information content (AvgIpc) is 3.13.